The van der Waals surface area contributed by atoms with Gasteiger partial charge >= 0.3 is 5.97 Å². The molecular formula is C11H13N5O2. The predicted molar refractivity (Wildman–Crippen MR) is 66.3 cm³/mol. The smallest absolute Gasteiger partial charge is 0.337 e. The van der Waals surface area contributed by atoms with E-state index < -0.39 is 5.97 Å². The highest BCUT2D eigenvalue weighted by Gasteiger charge is 2.07. The van der Waals surface area contributed by atoms with Crippen molar-refractivity contribution >= 4 is 17.5 Å². The van der Waals surface area contributed by atoms with Crippen LogP contribution in [-0.4, -0.2) is 32.4 Å². The quantitative estimate of drug-likeness (QED) is 0.717. The summed E-state index contributed by atoms with van der Waals surface area (Å²) in [6.07, 6.45) is 4.83. The maximum absolute atomic E-state index is 10.7. The molecule has 4 N–H and O–H groups in total. The molecule has 0 saturated carbocycles. The average Bonchev–Trinajstić information content (AvgIpc) is 2.84. The lowest BCUT2D eigenvalue weighted by atomic mass is 10.2. The Morgan fingerprint density at radius 1 is 1.56 bits per heavy atom. The standard InChI is InChI=1S/C11H13N5O2/c12-9-6-8(11(17)18)7-14-10(9)13-3-5-16-4-1-2-15-16/h1-2,4,6-7H,3,5,12H2,(H,13,14)(H,17,18). The van der Waals surface area contributed by atoms with Crippen molar-refractivity contribution in [3.8, 4) is 0 Å². The first-order valence-electron chi connectivity index (χ1n) is 5.37. The molecule has 0 aliphatic rings. The van der Waals surface area contributed by atoms with Crippen LogP contribution in [0.15, 0.2) is 30.7 Å². The Bertz CT molecular complexity index is 538. The molecule has 0 unspecified atom stereocenters. The van der Waals surface area contributed by atoms with E-state index in [0.29, 0.717) is 24.6 Å². The molecule has 0 aromatic carbocycles. The SMILES string of the molecule is Nc1cc(C(=O)O)cnc1NCCn1cccn1. The number of nitrogen functional groups attached to an aromatic ring is 1. The number of aromatic carboxylic acids is 1. The summed E-state index contributed by atoms with van der Waals surface area (Å²) in [6, 6.07) is 3.22. The van der Waals surface area contributed by atoms with Crippen LogP contribution >= 0.6 is 0 Å². The van der Waals surface area contributed by atoms with Gasteiger partial charge < -0.3 is 16.2 Å². The Balaban J connectivity index is 1.95. The molecule has 94 valence electrons. The third-order valence-corrected chi connectivity index (χ3v) is 2.36. The van der Waals surface area contributed by atoms with Gasteiger partial charge in [-0.2, -0.15) is 5.10 Å². The zero-order valence-corrected chi connectivity index (χ0v) is 9.58. The van der Waals surface area contributed by atoms with Gasteiger partial charge in [-0.05, 0) is 12.1 Å². The van der Waals surface area contributed by atoms with Crippen LogP contribution in [0.4, 0.5) is 11.5 Å². The lowest BCUT2D eigenvalue weighted by molar-refractivity contribution is 0.0696. The fraction of sp³-hybridized carbons (Fsp3) is 0.182. The minimum atomic E-state index is -1.04. The fourth-order valence-corrected chi connectivity index (χ4v) is 1.47. The predicted octanol–water partition coefficient (Wildman–Crippen LogP) is 0.671. The van der Waals surface area contributed by atoms with Gasteiger partial charge in [0.05, 0.1) is 17.8 Å². The second-order valence-electron chi connectivity index (χ2n) is 3.66. The molecule has 7 heteroatoms. The number of carboxylic acids is 1. The van der Waals surface area contributed by atoms with Gasteiger partial charge in [-0.25, -0.2) is 9.78 Å². The Morgan fingerprint density at radius 2 is 2.39 bits per heavy atom. The largest absolute Gasteiger partial charge is 0.478 e. The van der Waals surface area contributed by atoms with E-state index in [4.69, 9.17) is 10.8 Å². The van der Waals surface area contributed by atoms with Gasteiger partial charge in [0, 0.05) is 25.1 Å². The third kappa shape index (κ3) is 2.76. The van der Waals surface area contributed by atoms with Gasteiger partial charge in [0.25, 0.3) is 0 Å². The first-order valence-corrected chi connectivity index (χ1v) is 5.37. The number of nitrogens with two attached hydrogens (primary N) is 1. The first-order chi connectivity index (χ1) is 8.66. The highest BCUT2D eigenvalue weighted by atomic mass is 16.4. The Labute approximate surface area is 103 Å². The van der Waals surface area contributed by atoms with E-state index in [2.05, 4.69) is 15.4 Å². The molecule has 2 aromatic rings. The Hall–Kier alpha value is -2.57. The highest BCUT2D eigenvalue weighted by molar-refractivity contribution is 5.89. The first kappa shape index (κ1) is 11.9. The monoisotopic (exact) mass is 247 g/mol. The molecule has 2 heterocycles. The lowest BCUT2D eigenvalue weighted by Crippen LogP contribution is -2.13. The third-order valence-electron chi connectivity index (χ3n) is 2.36. The van der Waals surface area contributed by atoms with Crippen molar-refractivity contribution in [3.05, 3.63) is 36.3 Å². The van der Waals surface area contributed by atoms with Crippen LogP contribution in [0.2, 0.25) is 0 Å². The van der Waals surface area contributed by atoms with Gasteiger partial charge in [-0.3, -0.25) is 4.68 Å². The topological polar surface area (TPSA) is 106 Å². The number of nitrogens with zero attached hydrogens (tertiary/aromatic N) is 3. The molecule has 18 heavy (non-hydrogen) atoms. The molecule has 2 rings (SSSR count). The number of hydrogen-bond donors (Lipinski definition) is 3. The summed E-state index contributed by atoms with van der Waals surface area (Å²) in [5.74, 6) is -0.565. The van der Waals surface area contributed by atoms with E-state index in [0.717, 1.165) is 0 Å². The van der Waals surface area contributed by atoms with E-state index in [1.54, 1.807) is 10.9 Å². The van der Waals surface area contributed by atoms with E-state index in [-0.39, 0.29) is 5.56 Å². The van der Waals surface area contributed by atoms with E-state index >= 15 is 0 Å². The molecule has 0 aliphatic heterocycles. The van der Waals surface area contributed by atoms with Crippen LogP contribution in [0.1, 0.15) is 10.4 Å². The Morgan fingerprint density at radius 3 is 3.00 bits per heavy atom. The van der Waals surface area contributed by atoms with Crippen LogP contribution in [0.3, 0.4) is 0 Å². The van der Waals surface area contributed by atoms with E-state index in [9.17, 15) is 4.79 Å². The van der Waals surface area contributed by atoms with Crippen LogP contribution in [0.5, 0.6) is 0 Å². The van der Waals surface area contributed by atoms with Crippen molar-refractivity contribution in [1.82, 2.24) is 14.8 Å². The lowest BCUT2D eigenvalue weighted by Gasteiger charge is -2.08. The summed E-state index contributed by atoms with van der Waals surface area (Å²) in [5, 5.41) is 15.9. The maximum atomic E-state index is 10.7. The second kappa shape index (κ2) is 5.17. The van der Waals surface area contributed by atoms with Gasteiger partial charge in [-0.15, -0.1) is 0 Å². The van der Waals surface area contributed by atoms with Crippen molar-refractivity contribution in [2.75, 3.05) is 17.6 Å². The number of pyridine rings is 1. The summed E-state index contributed by atoms with van der Waals surface area (Å²) in [6.45, 7) is 1.28. The fourth-order valence-electron chi connectivity index (χ4n) is 1.47. The van der Waals surface area contributed by atoms with Crippen molar-refractivity contribution in [2.24, 2.45) is 0 Å². The van der Waals surface area contributed by atoms with Gasteiger partial charge in [0.2, 0.25) is 0 Å². The summed E-state index contributed by atoms with van der Waals surface area (Å²) in [4.78, 5) is 14.7. The maximum Gasteiger partial charge on any atom is 0.337 e. The molecule has 0 atom stereocenters. The zero-order chi connectivity index (χ0) is 13.0. The molecular weight excluding hydrogens is 234 g/mol. The minimum Gasteiger partial charge on any atom is -0.478 e. The molecule has 0 radical (unpaired) electrons. The molecule has 7 nitrogen and oxygen atoms in total. The van der Waals surface area contributed by atoms with Gasteiger partial charge in [-0.1, -0.05) is 0 Å². The molecule has 0 spiro atoms. The molecule has 2 aromatic heterocycles. The summed E-state index contributed by atoms with van der Waals surface area (Å²) in [7, 11) is 0. The van der Waals surface area contributed by atoms with Gasteiger partial charge in [0.15, 0.2) is 0 Å². The summed E-state index contributed by atoms with van der Waals surface area (Å²) in [5.41, 5.74) is 6.10. The molecule has 0 saturated heterocycles. The Kier molecular flexibility index (Phi) is 3.42. The second-order valence-corrected chi connectivity index (χ2v) is 3.66. The van der Waals surface area contributed by atoms with Crippen molar-refractivity contribution < 1.29 is 9.90 Å². The average molecular weight is 247 g/mol. The van der Waals surface area contributed by atoms with Crippen molar-refractivity contribution in [3.63, 3.8) is 0 Å². The molecule has 0 amide bonds. The summed E-state index contributed by atoms with van der Waals surface area (Å²) >= 11 is 0. The van der Waals surface area contributed by atoms with Crippen LogP contribution < -0.4 is 11.1 Å². The van der Waals surface area contributed by atoms with Crippen molar-refractivity contribution in [1.29, 1.82) is 0 Å². The number of rotatable bonds is 5. The number of anilines is 2. The molecule has 0 aliphatic carbocycles. The number of nitrogens with one attached hydrogen (secondary N) is 1. The number of hydrogen-bond acceptors (Lipinski definition) is 5. The van der Waals surface area contributed by atoms with E-state index in [1.165, 1.54) is 12.3 Å². The normalized spacial score (nSPS) is 10.2. The van der Waals surface area contributed by atoms with E-state index in [1.807, 2.05) is 12.3 Å². The molecule has 0 bridgehead atoms. The number of carbonyl (C=O) groups is 1. The van der Waals surface area contributed by atoms with Crippen LogP contribution in [0, 0.1) is 0 Å². The highest BCUT2D eigenvalue weighted by Crippen LogP contribution is 2.15. The number of carboxylic acid groups (broad SMARTS) is 1. The van der Waals surface area contributed by atoms with Gasteiger partial charge in [0.1, 0.15) is 5.82 Å². The number of aromatic nitrogens is 3. The van der Waals surface area contributed by atoms with Crippen molar-refractivity contribution in [2.45, 2.75) is 6.54 Å². The minimum absolute atomic E-state index is 0.0742. The summed E-state index contributed by atoms with van der Waals surface area (Å²) < 4.78 is 1.77. The van der Waals surface area contributed by atoms with Crippen LogP contribution in [-0.2, 0) is 6.54 Å². The van der Waals surface area contributed by atoms with Crippen LogP contribution in [0.25, 0.3) is 0 Å². The zero-order valence-electron chi connectivity index (χ0n) is 9.58. The molecule has 0 fully saturated rings.